The van der Waals surface area contributed by atoms with Crippen molar-refractivity contribution in [1.82, 2.24) is 10.2 Å². The lowest BCUT2D eigenvalue weighted by atomic mass is 10.0. The highest BCUT2D eigenvalue weighted by atomic mass is 32.2. The summed E-state index contributed by atoms with van der Waals surface area (Å²) in [7, 11) is -2.95. The molecule has 1 N–H and O–H groups in total. The van der Waals surface area contributed by atoms with E-state index in [1.165, 1.54) is 0 Å². The van der Waals surface area contributed by atoms with Crippen LogP contribution >= 0.6 is 0 Å². The average molecular weight is 288 g/mol. The Morgan fingerprint density at radius 1 is 1.37 bits per heavy atom. The van der Waals surface area contributed by atoms with Crippen molar-refractivity contribution in [2.24, 2.45) is 5.92 Å². The van der Waals surface area contributed by atoms with Crippen molar-refractivity contribution in [3.05, 3.63) is 0 Å². The molecule has 2 fully saturated rings. The fourth-order valence-corrected chi connectivity index (χ4v) is 4.68. The van der Waals surface area contributed by atoms with E-state index in [-0.39, 0.29) is 29.2 Å². The molecule has 0 aromatic heterocycles. The van der Waals surface area contributed by atoms with Gasteiger partial charge in [-0.05, 0) is 25.7 Å². The molecule has 2 amide bonds. The molecule has 2 heterocycles. The highest BCUT2D eigenvalue weighted by Crippen LogP contribution is 2.23. The van der Waals surface area contributed by atoms with Crippen molar-refractivity contribution in [3.8, 4) is 0 Å². The zero-order valence-electron chi connectivity index (χ0n) is 11.3. The Balaban J connectivity index is 2.11. The third kappa shape index (κ3) is 2.91. The van der Waals surface area contributed by atoms with Crippen LogP contribution in [0.5, 0.6) is 0 Å². The summed E-state index contributed by atoms with van der Waals surface area (Å²) in [6.07, 6.45) is 1.13. The molecule has 3 unspecified atom stereocenters. The van der Waals surface area contributed by atoms with Crippen molar-refractivity contribution >= 4 is 21.7 Å². The van der Waals surface area contributed by atoms with Crippen LogP contribution in [0.25, 0.3) is 0 Å². The third-order valence-corrected chi connectivity index (χ3v) is 5.70. The maximum absolute atomic E-state index is 12.2. The van der Waals surface area contributed by atoms with E-state index >= 15 is 0 Å². The van der Waals surface area contributed by atoms with E-state index in [4.69, 9.17) is 0 Å². The maximum Gasteiger partial charge on any atom is 0.245 e. The molecule has 2 saturated heterocycles. The molecule has 0 saturated carbocycles. The van der Waals surface area contributed by atoms with Gasteiger partial charge < -0.3 is 10.2 Å². The van der Waals surface area contributed by atoms with Gasteiger partial charge in [0.25, 0.3) is 0 Å². The fourth-order valence-electron chi connectivity index (χ4n) is 2.83. The fraction of sp³-hybridized carbons (Fsp3) is 0.833. The molecule has 0 spiro atoms. The van der Waals surface area contributed by atoms with E-state index in [0.29, 0.717) is 19.4 Å². The van der Waals surface area contributed by atoms with Crippen molar-refractivity contribution in [3.63, 3.8) is 0 Å². The van der Waals surface area contributed by atoms with Gasteiger partial charge in [0.05, 0.1) is 11.5 Å². The summed E-state index contributed by atoms with van der Waals surface area (Å²) in [5.41, 5.74) is 0. The second-order valence-electron chi connectivity index (χ2n) is 5.41. The average Bonchev–Trinajstić information content (AvgIpc) is 2.66. The number of carbonyl (C=O) groups excluding carboxylic acids is 2. The lowest BCUT2D eigenvalue weighted by Gasteiger charge is -2.38. The van der Waals surface area contributed by atoms with Crippen LogP contribution in [0.4, 0.5) is 0 Å². The monoisotopic (exact) mass is 288 g/mol. The highest BCUT2D eigenvalue weighted by Gasteiger charge is 2.40. The SMILES string of the molecule is CCC1C(=O)NC(C)C(=O)N1CC1CCS(=O)(=O)C1. The summed E-state index contributed by atoms with van der Waals surface area (Å²) in [6.45, 7) is 3.88. The minimum absolute atomic E-state index is 0.0406. The Morgan fingerprint density at radius 2 is 2.05 bits per heavy atom. The quantitative estimate of drug-likeness (QED) is 0.762. The van der Waals surface area contributed by atoms with Gasteiger partial charge in [0.2, 0.25) is 11.8 Å². The molecule has 7 heteroatoms. The summed E-state index contributed by atoms with van der Waals surface area (Å²) >= 11 is 0. The second-order valence-corrected chi connectivity index (χ2v) is 7.64. The Labute approximate surface area is 113 Å². The zero-order chi connectivity index (χ0) is 14.2. The lowest BCUT2D eigenvalue weighted by Crippen LogP contribution is -2.63. The number of piperazine rings is 1. The van der Waals surface area contributed by atoms with E-state index in [0.717, 1.165) is 0 Å². The molecule has 0 bridgehead atoms. The summed E-state index contributed by atoms with van der Waals surface area (Å²) in [5.74, 6) is 0.0221. The largest absolute Gasteiger partial charge is 0.343 e. The van der Waals surface area contributed by atoms with Crippen molar-refractivity contribution < 1.29 is 18.0 Å². The lowest BCUT2D eigenvalue weighted by molar-refractivity contribution is -0.149. The van der Waals surface area contributed by atoms with Crippen molar-refractivity contribution in [2.45, 2.75) is 38.8 Å². The van der Waals surface area contributed by atoms with Crippen LogP contribution in [0.15, 0.2) is 0 Å². The second kappa shape index (κ2) is 5.11. The van der Waals surface area contributed by atoms with Crippen LogP contribution in [-0.2, 0) is 19.4 Å². The number of rotatable bonds is 3. The molecule has 6 nitrogen and oxygen atoms in total. The summed E-state index contributed by atoms with van der Waals surface area (Å²) in [6, 6.07) is -0.986. The van der Waals surface area contributed by atoms with Crippen LogP contribution in [0.1, 0.15) is 26.7 Å². The molecule has 0 aliphatic carbocycles. The van der Waals surface area contributed by atoms with Crippen LogP contribution in [0.3, 0.4) is 0 Å². The first-order chi connectivity index (χ1) is 8.84. The number of hydrogen-bond acceptors (Lipinski definition) is 4. The van der Waals surface area contributed by atoms with E-state index in [9.17, 15) is 18.0 Å². The Kier molecular flexibility index (Phi) is 3.85. The standard InChI is InChI=1S/C12H20N2O4S/c1-3-10-11(15)13-8(2)12(16)14(10)6-9-4-5-19(17,18)7-9/h8-10H,3-7H2,1-2H3,(H,13,15). The molecular formula is C12H20N2O4S. The van der Waals surface area contributed by atoms with Gasteiger partial charge in [-0.2, -0.15) is 0 Å². The molecule has 19 heavy (non-hydrogen) atoms. The molecule has 3 atom stereocenters. The molecule has 2 rings (SSSR count). The van der Waals surface area contributed by atoms with Crippen LogP contribution < -0.4 is 5.32 Å². The topological polar surface area (TPSA) is 83.6 Å². The molecule has 0 aromatic rings. The molecule has 0 radical (unpaired) electrons. The first-order valence-corrected chi connectivity index (χ1v) is 8.47. The molecular weight excluding hydrogens is 268 g/mol. The Morgan fingerprint density at radius 3 is 2.58 bits per heavy atom. The van der Waals surface area contributed by atoms with E-state index in [1.807, 2.05) is 6.92 Å². The van der Waals surface area contributed by atoms with Gasteiger partial charge in [-0.3, -0.25) is 9.59 Å². The third-order valence-electron chi connectivity index (χ3n) is 3.86. The van der Waals surface area contributed by atoms with Crippen molar-refractivity contribution in [2.75, 3.05) is 18.1 Å². The van der Waals surface area contributed by atoms with Gasteiger partial charge in [-0.15, -0.1) is 0 Å². The summed E-state index contributed by atoms with van der Waals surface area (Å²) in [4.78, 5) is 25.6. The van der Waals surface area contributed by atoms with Crippen LogP contribution in [-0.4, -0.2) is 55.3 Å². The summed E-state index contributed by atoms with van der Waals surface area (Å²) in [5, 5.41) is 2.65. The zero-order valence-corrected chi connectivity index (χ0v) is 12.1. The van der Waals surface area contributed by atoms with Crippen molar-refractivity contribution in [1.29, 1.82) is 0 Å². The molecule has 108 valence electrons. The minimum Gasteiger partial charge on any atom is -0.343 e. The smallest absolute Gasteiger partial charge is 0.245 e. The number of sulfone groups is 1. The highest BCUT2D eigenvalue weighted by molar-refractivity contribution is 7.91. The molecule has 2 aliphatic heterocycles. The molecule has 2 aliphatic rings. The van der Waals surface area contributed by atoms with Gasteiger partial charge in [0, 0.05) is 6.54 Å². The normalized spacial score (nSPS) is 34.4. The van der Waals surface area contributed by atoms with E-state index in [2.05, 4.69) is 5.32 Å². The number of nitrogens with one attached hydrogen (secondary N) is 1. The molecule has 0 aromatic carbocycles. The maximum atomic E-state index is 12.2. The van der Waals surface area contributed by atoms with Gasteiger partial charge in [-0.1, -0.05) is 6.92 Å². The predicted octanol–water partition coefficient (Wildman–Crippen LogP) is -0.453. The number of hydrogen-bond donors (Lipinski definition) is 1. The van der Waals surface area contributed by atoms with Gasteiger partial charge in [-0.25, -0.2) is 8.42 Å². The van der Waals surface area contributed by atoms with E-state index in [1.54, 1.807) is 11.8 Å². The minimum atomic E-state index is -2.95. The summed E-state index contributed by atoms with van der Waals surface area (Å²) < 4.78 is 22.9. The first kappa shape index (κ1) is 14.3. The first-order valence-electron chi connectivity index (χ1n) is 6.65. The number of nitrogens with zero attached hydrogens (tertiary/aromatic N) is 1. The predicted molar refractivity (Wildman–Crippen MR) is 70.2 cm³/mol. The van der Waals surface area contributed by atoms with Crippen LogP contribution in [0, 0.1) is 5.92 Å². The Hall–Kier alpha value is -1.11. The number of amides is 2. The van der Waals surface area contributed by atoms with Crippen LogP contribution in [0.2, 0.25) is 0 Å². The van der Waals surface area contributed by atoms with Gasteiger partial charge in [0.15, 0.2) is 9.84 Å². The Bertz CT molecular complexity index is 488. The van der Waals surface area contributed by atoms with Gasteiger partial charge in [0.1, 0.15) is 12.1 Å². The van der Waals surface area contributed by atoms with Gasteiger partial charge >= 0.3 is 0 Å². The van der Waals surface area contributed by atoms with E-state index < -0.39 is 21.9 Å². The number of carbonyl (C=O) groups is 2.